The molecule has 0 unspecified atom stereocenters. The number of phenolic OH excluding ortho intramolecular Hbond substituents is 2. The van der Waals surface area contributed by atoms with E-state index in [2.05, 4.69) is 34.9 Å². The summed E-state index contributed by atoms with van der Waals surface area (Å²) in [6.07, 6.45) is 0. The van der Waals surface area contributed by atoms with Gasteiger partial charge in [-0.25, -0.2) is 16.8 Å². The summed E-state index contributed by atoms with van der Waals surface area (Å²) in [5, 5.41) is 50.1. The Labute approximate surface area is 330 Å². The number of sulfone groups is 1. The Morgan fingerprint density at radius 3 is 2.16 bits per heavy atom. The molecular formula is C20H18N3Na3O15S4. The second kappa shape index (κ2) is 20.4. The van der Waals surface area contributed by atoms with Crippen molar-refractivity contribution in [3.8, 4) is 11.5 Å². The first-order valence-electron chi connectivity index (χ1n) is 10.8. The largest absolute Gasteiger partial charge is 1.00 e. The molecule has 18 nitrogen and oxygen atoms in total. The quantitative estimate of drug-likeness (QED) is 0.0184. The van der Waals surface area contributed by atoms with Crippen LogP contribution in [0.25, 0.3) is 10.8 Å². The molecule has 0 aromatic heterocycles. The number of anilines is 3. The molecule has 0 spiro atoms. The number of phenols is 2. The number of nitrogens with one attached hydrogen (secondary N) is 3. The number of rotatable bonds is 15. The Kier molecular flexibility index (Phi) is 20.3. The van der Waals surface area contributed by atoms with Gasteiger partial charge in [0.25, 0.3) is 0 Å². The first-order valence-corrected chi connectivity index (χ1v) is 15.3. The van der Waals surface area contributed by atoms with Crippen LogP contribution in [0, 0.1) is 0 Å². The van der Waals surface area contributed by atoms with Gasteiger partial charge < -0.3 is 30.6 Å². The van der Waals surface area contributed by atoms with Gasteiger partial charge in [-0.3, -0.25) is 29.9 Å². The average Bonchev–Trinajstić information content (AvgIpc) is 2.90. The second-order valence-electron chi connectivity index (χ2n) is 7.80. The maximum atomic E-state index is 12.6. The maximum absolute atomic E-state index is 12.6. The molecule has 230 valence electrons. The average molecular weight is 738 g/mol. The molecule has 45 heavy (non-hydrogen) atoms. The van der Waals surface area contributed by atoms with Gasteiger partial charge in [0.15, 0.2) is 27.9 Å². The minimum Gasteiger partial charge on any atom is -0.744 e. The van der Waals surface area contributed by atoms with E-state index in [1.807, 2.05) is 0 Å². The summed E-state index contributed by atoms with van der Waals surface area (Å²) in [7, 11) is -9.01. The molecule has 0 aliphatic rings. The first-order chi connectivity index (χ1) is 19.8. The minimum atomic E-state index is -5.02. The van der Waals surface area contributed by atoms with Gasteiger partial charge in [0.1, 0.15) is 21.6 Å². The van der Waals surface area contributed by atoms with Gasteiger partial charge in [-0.1, -0.05) is 0 Å². The predicted molar refractivity (Wildman–Crippen MR) is 139 cm³/mol. The Balaban J connectivity index is 0.00000645. The zero-order chi connectivity index (χ0) is 31.1. The van der Waals surface area contributed by atoms with Crippen molar-refractivity contribution in [1.82, 2.24) is 0 Å². The summed E-state index contributed by atoms with van der Waals surface area (Å²) in [4.78, 5) is 10.6. The summed E-state index contributed by atoms with van der Waals surface area (Å²) in [6, 6.07) is 6.07. The van der Waals surface area contributed by atoms with E-state index in [-0.39, 0.29) is 151 Å². The van der Waals surface area contributed by atoms with Crippen molar-refractivity contribution in [2.24, 2.45) is 0 Å². The third-order valence-electron chi connectivity index (χ3n) is 5.09. The molecular weight excluding hydrogens is 719 g/mol. The molecule has 0 saturated heterocycles. The number of aromatic hydroxyl groups is 2. The Morgan fingerprint density at radius 1 is 0.911 bits per heavy atom. The van der Waals surface area contributed by atoms with Crippen LogP contribution in [-0.4, -0.2) is 49.9 Å². The van der Waals surface area contributed by atoms with Gasteiger partial charge in [0.2, 0.25) is 5.91 Å². The van der Waals surface area contributed by atoms with Crippen molar-refractivity contribution >= 4 is 78.1 Å². The van der Waals surface area contributed by atoms with E-state index in [0.717, 1.165) is 37.3 Å². The minimum absolute atomic E-state index is 0. The van der Waals surface area contributed by atoms with Crippen LogP contribution in [-0.2, 0) is 47.7 Å². The fourth-order valence-electron chi connectivity index (χ4n) is 3.41. The molecule has 5 N–H and O–H groups in total. The number of hydrogen-bond donors (Lipinski definition) is 5. The summed E-state index contributed by atoms with van der Waals surface area (Å²) >= 11 is 0.367. The van der Waals surface area contributed by atoms with Crippen LogP contribution in [0.1, 0.15) is 6.92 Å². The van der Waals surface area contributed by atoms with Gasteiger partial charge in [0.05, 0.1) is 50.5 Å². The number of carbonyl (C=O) groups excluding carboxylic acids is 1. The first kappa shape index (κ1) is 44.9. The van der Waals surface area contributed by atoms with Crippen LogP contribution in [0.4, 0.5) is 17.1 Å². The van der Waals surface area contributed by atoms with Crippen LogP contribution in [0.2, 0.25) is 0 Å². The molecule has 0 atom stereocenters. The summed E-state index contributed by atoms with van der Waals surface area (Å²) < 4.78 is 73.2. The second-order valence-corrected chi connectivity index (χ2v) is 12.5. The van der Waals surface area contributed by atoms with E-state index < -0.39 is 54.6 Å². The van der Waals surface area contributed by atoms with Crippen molar-refractivity contribution in [3.05, 3.63) is 36.4 Å². The predicted octanol–water partition coefficient (Wildman–Crippen LogP) is -8.63. The third-order valence-corrected chi connectivity index (χ3v) is 8.58. The van der Waals surface area contributed by atoms with E-state index in [0.29, 0.717) is 0 Å². The molecule has 3 aromatic rings. The molecule has 0 aliphatic carbocycles. The molecule has 0 heterocycles. The van der Waals surface area contributed by atoms with Gasteiger partial charge in [-0.2, -0.15) is 4.33 Å². The van der Waals surface area contributed by atoms with Crippen LogP contribution in [0.3, 0.4) is 0 Å². The number of fused-ring (bicyclic) bond motifs is 1. The van der Waals surface area contributed by atoms with Gasteiger partial charge in [0, 0.05) is 12.3 Å². The van der Waals surface area contributed by atoms with Gasteiger partial charge >= 0.3 is 88.7 Å². The van der Waals surface area contributed by atoms with Crippen molar-refractivity contribution in [2.45, 2.75) is 21.6 Å². The van der Waals surface area contributed by atoms with Crippen molar-refractivity contribution < 1.29 is 159 Å². The summed E-state index contributed by atoms with van der Waals surface area (Å²) in [6.45, 7) is 0.687. The van der Waals surface area contributed by atoms with Crippen LogP contribution >= 0.6 is 24.4 Å². The fourth-order valence-corrected chi connectivity index (χ4v) is 5.88. The molecule has 0 fully saturated rings. The van der Waals surface area contributed by atoms with E-state index in [1.165, 1.54) is 6.07 Å². The van der Waals surface area contributed by atoms with Gasteiger partial charge in [-0.05, 0) is 41.8 Å². The molecule has 3 rings (SSSR count). The van der Waals surface area contributed by atoms with E-state index in [9.17, 15) is 46.9 Å². The molecule has 0 bridgehead atoms. The zero-order valence-electron chi connectivity index (χ0n) is 23.7. The fraction of sp³-hybridized carbons (Fsp3) is 0.150. The summed E-state index contributed by atoms with van der Waals surface area (Å²) in [5.74, 6) is -2.36. The number of hydrazine groups is 1. The zero-order valence-corrected chi connectivity index (χ0v) is 33.0. The van der Waals surface area contributed by atoms with E-state index >= 15 is 0 Å². The third kappa shape index (κ3) is 12.7. The van der Waals surface area contributed by atoms with Crippen LogP contribution < -0.4 is 115 Å². The van der Waals surface area contributed by atoms with E-state index in [1.54, 1.807) is 0 Å². The van der Waals surface area contributed by atoms with Crippen LogP contribution in [0.5, 0.6) is 11.5 Å². The number of hydrogen-bond acceptors (Lipinski definition) is 19. The van der Waals surface area contributed by atoms with Crippen molar-refractivity contribution in [3.63, 3.8) is 0 Å². The van der Waals surface area contributed by atoms with Crippen molar-refractivity contribution in [1.29, 1.82) is 0 Å². The molecule has 1 amide bonds. The number of carbonyl (C=O) groups is 1. The smallest absolute Gasteiger partial charge is 0.744 e. The topological polar surface area (TPSA) is 277 Å². The summed E-state index contributed by atoms with van der Waals surface area (Å²) in [5.41, 5.74) is 4.23. The molecule has 3 aromatic carbocycles. The molecule has 0 aliphatic heterocycles. The van der Waals surface area contributed by atoms with Gasteiger partial charge in [-0.15, -0.1) is 4.33 Å². The monoisotopic (exact) mass is 737 g/mol. The Bertz CT molecular complexity index is 1690. The number of benzene rings is 3. The standard InChI is InChI=1S/C20H21N3O15S4.3Na/c1-10(24)21-15-9-13(42(31,32)33)6-11-7-17(39-37-35-27)19(20(26)18(11)15)23-22-14-8-12(2-3-16(14)25)41(29,30)5-4-34-40-38-36-28;;;/h2-3,6-9,22-23,25-28H,4-5H2,1H3,(H,21,24)(H,31,32,33);;;/q;3*+1/p-3. The SMILES string of the molecule is CC(=O)Nc1cc(S(=O)(=O)[O-])cc2cc(SOO[O-])c(NNc3cc(S(=O)(=O)CCOSOO[O-])ccc3O)c(O)c12.[Na+].[Na+].[Na+]. The molecule has 0 radical (unpaired) electrons. The van der Waals surface area contributed by atoms with Crippen LogP contribution in [0.15, 0.2) is 51.1 Å². The normalized spacial score (nSPS) is 11.1. The molecule has 0 saturated carbocycles. The number of amides is 1. The van der Waals surface area contributed by atoms with E-state index in [4.69, 9.17) is 4.18 Å². The Morgan fingerprint density at radius 2 is 1.56 bits per heavy atom. The van der Waals surface area contributed by atoms with Crippen molar-refractivity contribution in [2.75, 3.05) is 28.5 Å². The maximum Gasteiger partial charge on any atom is 1.00 e. The Hall–Kier alpha value is -0.130. The molecule has 25 heteroatoms.